The van der Waals surface area contributed by atoms with Crippen LogP contribution in [-0.4, -0.2) is 29.7 Å². The third kappa shape index (κ3) is 4.68. The highest BCUT2D eigenvalue weighted by Gasteiger charge is 2.17. The highest BCUT2D eigenvalue weighted by molar-refractivity contribution is 6.07. The summed E-state index contributed by atoms with van der Waals surface area (Å²) >= 11 is 0. The molecule has 0 saturated carbocycles. The summed E-state index contributed by atoms with van der Waals surface area (Å²) in [6, 6.07) is 8.66. The minimum atomic E-state index is -0.452. The SMILES string of the molecule is CC(=O)c1cccc(NC(=O)/C(C#N)=C\N2CCCC(C)C2)c1. The van der Waals surface area contributed by atoms with Gasteiger partial charge >= 0.3 is 0 Å². The topological polar surface area (TPSA) is 73.2 Å². The monoisotopic (exact) mass is 311 g/mol. The van der Waals surface area contributed by atoms with Crippen molar-refractivity contribution in [1.82, 2.24) is 4.90 Å². The van der Waals surface area contributed by atoms with E-state index in [1.165, 1.54) is 13.3 Å². The summed E-state index contributed by atoms with van der Waals surface area (Å²) < 4.78 is 0. The molecule has 0 radical (unpaired) electrons. The van der Waals surface area contributed by atoms with E-state index in [0.29, 0.717) is 17.2 Å². The second-order valence-corrected chi connectivity index (χ2v) is 5.99. The normalized spacial score (nSPS) is 18.2. The fourth-order valence-electron chi connectivity index (χ4n) is 2.68. The number of amides is 1. The molecule has 1 aromatic rings. The zero-order valence-electron chi connectivity index (χ0n) is 13.5. The van der Waals surface area contributed by atoms with Crippen LogP contribution in [0.15, 0.2) is 36.0 Å². The van der Waals surface area contributed by atoms with Crippen LogP contribution < -0.4 is 5.32 Å². The second-order valence-electron chi connectivity index (χ2n) is 5.99. The fourth-order valence-corrected chi connectivity index (χ4v) is 2.68. The third-order valence-corrected chi connectivity index (χ3v) is 3.89. The van der Waals surface area contributed by atoms with E-state index in [0.717, 1.165) is 19.5 Å². The molecule has 1 amide bonds. The number of ketones is 1. The van der Waals surface area contributed by atoms with E-state index in [2.05, 4.69) is 12.2 Å². The molecule has 0 bridgehead atoms. The maximum atomic E-state index is 12.3. The summed E-state index contributed by atoms with van der Waals surface area (Å²) in [6.45, 7) is 5.36. The maximum absolute atomic E-state index is 12.3. The lowest BCUT2D eigenvalue weighted by molar-refractivity contribution is -0.112. The Hall–Kier alpha value is -2.61. The smallest absolute Gasteiger partial charge is 0.267 e. The van der Waals surface area contributed by atoms with Crippen molar-refractivity contribution < 1.29 is 9.59 Å². The third-order valence-electron chi connectivity index (χ3n) is 3.89. The van der Waals surface area contributed by atoms with Gasteiger partial charge in [0.15, 0.2) is 5.78 Å². The summed E-state index contributed by atoms with van der Waals surface area (Å²) in [7, 11) is 0. The van der Waals surface area contributed by atoms with Crippen LogP contribution in [0, 0.1) is 17.2 Å². The average Bonchev–Trinajstić information content (AvgIpc) is 2.52. The van der Waals surface area contributed by atoms with Crippen molar-refractivity contribution in [2.24, 2.45) is 5.92 Å². The molecule has 1 heterocycles. The zero-order chi connectivity index (χ0) is 16.8. The molecule has 0 aliphatic carbocycles. The summed E-state index contributed by atoms with van der Waals surface area (Å²) in [5.74, 6) is 0.0427. The van der Waals surface area contributed by atoms with E-state index < -0.39 is 5.91 Å². The lowest BCUT2D eigenvalue weighted by atomic mass is 10.0. The Morgan fingerprint density at radius 3 is 2.87 bits per heavy atom. The largest absolute Gasteiger partial charge is 0.376 e. The number of nitrogens with zero attached hydrogens (tertiary/aromatic N) is 2. The van der Waals surface area contributed by atoms with E-state index in [4.69, 9.17) is 0 Å². The molecular weight excluding hydrogens is 290 g/mol. The summed E-state index contributed by atoms with van der Waals surface area (Å²) in [5, 5.41) is 11.9. The van der Waals surface area contributed by atoms with Crippen LogP contribution in [0.4, 0.5) is 5.69 Å². The summed E-state index contributed by atoms with van der Waals surface area (Å²) in [4.78, 5) is 25.7. The van der Waals surface area contributed by atoms with Crippen molar-refractivity contribution in [2.75, 3.05) is 18.4 Å². The molecule has 1 aromatic carbocycles. The summed E-state index contributed by atoms with van der Waals surface area (Å²) in [5.41, 5.74) is 1.11. The average molecular weight is 311 g/mol. The van der Waals surface area contributed by atoms with Crippen LogP contribution in [0.1, 0.15) is 37.0 Å². The minimum absolute atomic E-state index is 0.0700. The quantitative estimate of drug-likeness (QED) is 0.527. The Morgan fingerprint density at radius 2 is 2.22 bits per heavy atom. The van der Waals surface area contributed by atoms with E-state index >= 15 is 0 Å². The number of nitrogens with one attached hydrogen (secondary N) is 1. The fraction of sp³-hybridized carbons (Fsp3) is 0.389. The molecule has 1 saturated heterocycles. The standard InChI is InChI=1S/C18H21N3O2/c1-13-5-4-8-21(11-13)12-16(10-19)18(23)20-17-7-3-6-15(9-17)14(2)22/h3,6-7,9,12-13H,4-5,8,11H2,1-2H3,(H,20,23)/b16-12-. The molecule has 1 aliphatic rings. The number of nitriles is 1. The molecular formula is C18H21N3O2. The molecule has 1 atom stereocenters. The number of hydrogen-bond acceptors (Lipinski definition) is 4. The lowest BCUT2D eigenvalue weighted by Crippen LogP contribution is -2.31. The first-order valence-corrected chi connectivity index (χ1v) is 7.78. The van der Waals surface area contributed by atoms with Crippen molar-refractivity contribution in [3.8, 4) is 6.07 Å². The van der Waals surface area contributed by atoms with Gasteiger partial charge in [0.05, 0.1) is 0 Å². The van der Waals surface area contributed by atoms with Gasteiger partial charge < -0.3 is 10.2 Å². The van der Waals surface area contributed by atoms with E-state index in [9.17, 15) is 14.9 Å². The van der Waals surface area contributed by atoms with Crippen molar-refractivity contribution in [2.45, 2.75) is 26.7 Å². The minimum Gasteiger partial charge on any atom is -0.376 e. The number of piperidine rings is 1. The van der Waals surface area contributed by atoms with Crippen LogP contribution >= 0.6 is 0 Å². The van der Waals surface area contributed by atoms with Gasteiger partial charge in [-0.3, -0.25) is 9.59 Å². The summed E-state index contributed by atoms with van der Waals surface area (Å²) in [6.07, 6.45) is 3.88. The van der Waals surface area contributed by atoms with Gasteiger partial charge in [-0.15, -0.1) is 0 Å². The Balaban J connectivity index is 2.10. The number of anilines is 1. The maximum Gasteiger partial charge on any atom is 0.267 e. The number of likely N-dealkylation sites (tertiary alicyclic amines) is 1. The Bertz CT molecular complexity index is 673. The first-order valence-electron chi connectivity index (χ1n) is 7.78. The van der Waals surface area contributed by atoms with Gasteiger partial charge in [-0.25, -0.2) is 0 Å². The predicted octanol–water partition coefficient (Wildman–Crippen LogP) is 2.97. The second kappa shape index (κ2) is 7.59. The Labute approximate surface area is 136 Å². The molecule has 5 heteroatoms. The zero-order valence-corrected chi connectivity index (χ0v) is 13.5. The molecule has 120 valence electrons. The number of carbonyl (C=O) groups is 2. The van der Waals surface area contributed by atoms with Gasteiger partial charge in [0.1, 0.15) is 11.6 Å². The van der Waals surface area contributed by atoms with Gasteiger partial charge in [-0.1, -0.05) is 19.1 Å². The number of carbonyl (C=O) groups excluding carboxylic acids is 2. The van der Waals surface area contributed by atoms with Crippen LogP contribution in [0.5, 0.6) is 0 Å². The van der Waals surface area contributed by atoms with Crippen molar-refractivity contribution in [3.63, 3.8) is 0 Å². The van der Waals surface area contributed by atoms with E-state index in [1.54, 1.807) is 30.5 Å². The van der Waals surface area contributed by atoms with Gasteiger partial charge in [0.25, 0.3) is 5.91 Å². The Kier molecular flexibility index (Phi) is 5.53. The highest BCUT2D eigenvalue weighted by atomic mass is 16.1. The van der Waals surface area contributed by atoms with Crippen molar-refractivity contribution in [3.05, 3.63) is 41.6 Å². The Morgan fingerprint density at radius 1 is 1.43 bits per heavy atom. The number of hydrogen-bond donors (Lipinski definition) is 1. The van der Waals surface area contributed by atoms with Crippen LogP contribution in [0.2, 0.25) is 0 Å². The van der Waals surface area contributed by atoms with E-state index in [-0.39, 0.29) is 11.4 Å². The molecule has 0 aromatic heterocycles. The number of rotatable bonds is 4. The van der Waals surface area contributed by atoms with Crippen molar-refractivity contribution in [1.29, 1.82) is 5.26 Å². The lowest BCUT2D eigenvalue weighted by Gasteiger charge is -2.29. The van der Waals surface area contributed by atoms with Gasteiger partial charge in [-0.2, -0.15) is 5.26 Å². The molecule has 5 nitrogen and oxygen atoms in total. The molecule has 23 heavy (non-hydrogen) atoms. The molecule has 1 fully saturated rings. The first-order chi connectivity index (χ1) is 11.0. The molecule has 1 aliphatic heterocycles. The van der Waals surface area contributed by atoms with Gasteiger partial charge in [0.2, 0.25) is 0 Å². The van der Waals surface area contributed by atoms with Crippen LogP contribution in [0.25, 0.3) is 0 Å². The van der Waals surface area contributed by atoms with Crippen molar-refractivity contribution >= 4 is 17.4 Å². The molecule has 2 rings (SSSR count). The predicted molar refractivity (Wildman–Crippen MR) is 88.7 cm³/mol. The number of Topliss-reactive ketones (excluding diaryl/α,β-unsaturated/α-hetero) is 1. The van der Waals surface area contributed by atoms with Gasteiger partial charge in [-0.05, 0) is 37.8 Å². The first kappa shape index (κ1) is 16.8. The number of benzene rings is 1. The van der Waals surface area contributed by atoms with Gasteiger partial charge in [0, 0.05) is 30.5 Å². The molecule has 0 spiro atoms. The van der Waals surface area contributed by atoms with Crippen LogP contribution in [-0.2, 0) is 4.79 Å². The van der Waals surface area contributed by atoms with Crippen LogP contribution in [0.3, 0.4) is 0 Å². The molecule has 1 unspecified atom stereocenters. The highest BCUT2D eigenvalue weighted by Crippen LogP contribution is 2.17. The molecule has 1 N–H and O–H groups in total. The van der Waals surface area contributed by atoms with E-state index in [1.807, 2.05) is 11.0 Å².